The van der Waals surface area contributed by atoms with E-state index in [2.05, 4.69) is 35.3 Å². The summed E-state index contributed by atoms with van der Waals surface area (Å²) in [6.45, 7) is 2.08. The van der Waals surface area contributed by atoms with Crippen molar-refractivity contribution in [2.75, 3.05) is 0 Å². The first-order chi connectivity index (χ1) is 7.29. The van der Waals surface area contributed by atoms with Crippen LogP contribution in [0.15, 0.2) is 23.4 Å². The third-order valence-electron chi connectivity index (χ3n) is 3.08. The fraction of sp³-hybridized carbons (Fsp3) is 0.250. The number of oxime groups is 1. The molecule has 1 heterocycles. The number of benzene rings is 1. The number of nitrogens with zero attached hydrogens (tertiary/aromatic N) is 1. The Morgan fingerprint density at radius 2 is 2.20 bits per heavy atom. The maximum Gasteiger partial charge on any atom is 0.104 e. The average Bonchev–Trinajstić information content (AvgIpc) is 2.74. The van der Waals surface area contributed by atoms with Crippen molar-refractivity contribution in [2.45, 2.75) is 19.8 Å². The second-order valence-electron chi connectivity index (χ2n) is 4.07. The van der Waals surface area contributed by atoms with Gasteiger partial charge in [0.25, 0.3) is 0 Å². The number of fused-ring (bicyclic) bond motifs is 3. The lowest BCUT2D eigenvalue weighted by atomic mass is 10.1. The number of H-pyrrole nitrogens is 1. The zero-order valence-electron chi connectivity index (χ0n) is 8.54. The smallest absolute Gasteiger partial charge is 0.104 e. The number of rotatable bonds is 0. The molecule has 0 unspecified atom stereocenters. The molecule has 0 fully saturated rings. The van der Waals surface area contributed by atoms with Crippen molar-refractivity contribution in [2.24, 2.45) is 5.16 Å². The molecule has 1 aliphatic rings. The minimum Gasteiger partial charge on any atom is -0.411 e. The van der Waals surface area contributed by atoms with Crippen LogP contribution in [0.3, 0.4) is 0 Å². The zero-order chi connectivity index (χ0) is 10.4. The SMILES string of the molecule is Cc1ccc2c3c([nH]c2c1)C(=NO)CC3. The van der Waals surface area contributed by atoms with Crippen molar-refractivity contribution >= 4 is 16.6 Å². The Morgan fingerprint density at radius 1 is 1.33 bits per heavy atom. The molecule has 15 heavy (non-hydrogen) atoms. The Hall–Kier alpha value is -1.77. The molecule has 3 nitrogen and oxygen atoms in total. The minimum absolute atomic E-state index is 0.777. The molecule has 0 radical (unpaired) electrons. The first-order valence-corrected chi connectivity index (χ1v) is 5.12. The van der Waals surface area contributed by atoms with Crippen LogP contribution in [-0.4, -0.2) is 15.9 Å². The quantitative estimate of drug-likeness (QED) is 0.498. The molecule has 0 atom stereocenters. The number of aromatic amines is 1. The molecule has 0 bridgehead atoms. The van der Waals surface area contributed by atoms with Gasteiger partial charge in [-0.25, -0.2) is 0 Å². The van der Waals surface area contributed by atoms with Gasteiger partial charge in [-0.1, -0.05) is 17.3 Å². The largest absolute Gasteiger partial charge is 0.411 e. The standard InChI is InChI=1S/C12H12N2O/c1-7-2-3-8-9-4-5-10(14-15)12(9)13-11(8)6-7/h2-3,6,13,15H,4-5H2,1H3. The van der Waals surface area contributed by atoms with E-state index in [-0.39, 0.29) is 0 Å². The summed E-state index contributed by atoms with van der Waals surface area (Å²) < 4.78 is 0. The van der Waals surface area contributed by atoms with Crippen LogP contribution in [0.4, 0.5) is 0 Å². The van der Waals surface area contributed by atoms with E-state index in [9.17, 15) is 0 Å². The van der Waals surface area contributed by atoms with Gasteiger partial charge >= 0.3 is 0 Å². The fourth-order valence-corrected chi connectivity index (χ4v) is 2.34. The summed E-state index contributed by atoms with van der Waals surface area (Å²) in [5.41, 5.74) is 5.46. The van der Waals surface area contributed by atoms with E-state index in [1.807, 2.05) is 0 Å². The van der Waals surface area contributed by atoms with E-state index in [4.69, 9.17) is 5.21 Å². The number of aryl methyl sites for hydroxylation is 2. The summed E-state index contributed by atoms with van der Waals surface area (Å²) in [6, 6.07) is 6.38. The van der Waals surface area contributed by atoms with Gasteiger partial charge in [-0.05, 0) is 37.0 Å². The Bertz CT molecular complexity index is 566. The van der Waals surface area contributed by atoms with Crippen molar-refractivity contribution < 1.29 is 5.21 Å². The molecular formula is C12H12N2O. The van der Waals surface area contributed by atoms with Crippen molar-refractivity contribution in [3.8, 4) is 0 Å². The van der Waals surface area contributed by atoms with Crippen LogP contribution in [0.5, 0.6) is 0 Å². The lowest BCUT2D eigenvalue weighted by molar-refractivity contribution is 0.318. The molecule has 0 saturated heterocycles. The maximum atomic E-state index is 8.86. The monoisotopic (exact) mass is 200 g/mol. The van der Waals surface area contributed by atoms with Crippen LogP contribution < -0.4 is 0 Å². The molecule has 1 aliphatic carbocycles. The van der Waals surface area contributed by atoms with Gasteiger partial charge in [-0.15, -0.1) is 0 Å². The number of aromatic nitrogens is 1. The molecule has 0 saturated carbocycles. The minimum atomic E-state index is 0.777. The Morgan fingerprint density at radius 3 is 3.00 bits per heavy atom. The molecule has 0 spiro atoms. The van der Waals surface area contributed by atoms with Gasteiger partial charge in [0.05, 0.1) is 5.69 Å². The molecule has 2 N–H and O–H groups in total. The molecule has 0 aliphatic heterocycles. The molecule has 0 amide bonds. The van der Waals surface area contributed by atoms with Crippen LogP contribution >= 0.6 is 0 Å². The van der Waals surface area contributed by atoms with Gasteiger partial charge < -0.3 is 10.2 Å². The highest BCUT2D eigenvalue weighted by Crippen LogP contribution is 2.30. The molecular weight excluding hydrogens is 188 g/mol. The normalized spacial score (nSPS) is 17.5. The van der Waals surface area contributed by atoms with Crippen LogP contribution in [-0.2, 0) is 6.42 Å². The summed E-state index contributed by atoms with van der Waals surface area (Å²) in [5.74, 6) is 0. The van der Waals surface area contributed by atoms with E-state index in [0.717, 1.165) is 29.8 Å². The Balaban J connectivity index is 2.34. The van der Waals surface area contributed by atoms with Gasteiger partial charge in [0.15, 0.2) is 0 Å². The van der Waals surface area contributed by atoms with Gasteiger partial charge in [0.1, 0.15) is 5.71 Å². The maximum absolute atomic E-state index is 8.86. The second-order valence-corrected chi connectivity index (χ2v) is 4.07. The number of hydrogen-bond acceptors (Lipinski definition) is 2. The molecule has 1 aromatic heterocycles. The first kappa shape index (κ1) is 8.53. The molecule has 76 valence electrons. The highest BCUT2D eigenvalue weighted by atomic mass is 16.4. The highest BCUT2D eigenvalue weighted by Gasteiger charge is 2.22. The topological polar surface area (TPSA) is 48.4 Å². The van der Waals surface area contributed by atoms with Gasteiger partial charge in [-0.3, -0.25) is 0 Å². The summed E-state index contributed by atoms with van der Waals surface area (Å²) in [4.78, 5) is 3.33. The summed E-state index contributed by atoms with van der Waals surface area (Å²) >= 11 is 0. The third-order valence-corrected chi connectivity index (χ3v) is 3.08. The van der Waals surface area contributed by atoms with Crippen LogP contribution in [0.2, 0.25) is 0 Å². The molecule has 3 heteroatoms. The van der Waals surface area contributed by atoms with Crippen molar-refractivity contribution in [3.63, 3.8) is 0 Å². The van der Waals surface area contributed by atoms with E-state index >= 15 is 0 Å². The molecule has 3 rings (SSSR count). The second kappa shape index (κ2) is 2.86. The van der Waals surface area contributed by atoms with Gasteiger partial charge in [0, 0.05) is 10.9 Å². The number of nitrogens with one attached hydrogen (secondary N) is 1. The highest BCUT2D eigenvalue weighted by molar-refractivity contribution is 6.08. The third kappa shape index (κ3) is 1.09. The van der Waals surface area contributed by atoms with Crippen LogP contribution in [0.25, 0.3) is 10.9 Å². The van der Waals surface area contributed by atoms with E-state index in [1.165, 1.54) is 16.5 Å². The summed E-state index contributed by atoms with van der Waals surface area (Å²) in [6.07, 6.45) is 1.80. The van der Waals surface area contributed by atoms with Crippen molar-refractivity contribution in [3.05, 3.63) is 35.0 Å². The van der Waals surface area contributed by atoms with Gasteiger partial charge in [0.2, 0.25) is 0 Å². The first-order valence-electron chi connectivity index (χ1n) is 5.12. The Labute approximate surface area is 87.4 Å². The Kier molecular flexibility index (Phi) is 1.63. The number of hydrogen-bond donors (Lipinski definition) is 2. The van der Waals surface area contributed by atoms with Crippen molar-refractivity contribution in [1.29, 1.82) is 0 Å². The zero-order valence-corrected chi connectivity index (χ0v) is 8.54. The predicted octanol–water partition coefficient (Wildman–Crippen LogP) is 2.60. The summed E-state index contributed by atoms with van der Waals surface area (Å²) in [5, 5.41) is 13.5. The van der Waals surface area contributed by atoms with Crippen molar-refractivity contribution in [1.82, 2.24) is 4.98 Å². The van der Waals surface area contributed by atoms with Crippen LogP contribution in [0.1, 0.15) is 23.2 Å². The lowest BCUT2D eigenvalue weighted by Crippen LogP contribution is -1.94. The van der Waals surface area contributed by atoms with E-state index in [0.29, 0.717) is 0 Å². The fourth-order valence-electron chi connectivity index (χ4n) is 2.34. The molecule has 1 aromatic carbocycles. The lowest BCUT2D eigenvalue weighted by Gasteiger charge is -1.95. The molecule has 2 aromatic rings. The van der Waals surface area contributed by atoms with Crippen LogP contribution in [0, 0.1) is 6.92 Å². The average molecular weight is 200 g/mol. The van der Waals surface area contributed by atoms with E-state index < -0.39 is 0 Å². The predicted molar refractivity (Wildman–Crippen MR) is 59.7 cm³/mol. The van der Waals surface area contributed by atoms with Gasteiger partial charge in [-0.2, -0.15) is 0 Å². The van der Waals surface area contributed by atoms with E-state index in [1.54, 1.807) is 0 Å². The summed E-state index contributed by atoms with van der Waals surface area (Å²) in [7, 11) is 0.